The number of nitrogens with zero attached hydrogens (tertiary/aromatic N) is 2. The number of benzene rings is 1. The van der Waals surface area contributed by atoms with E-state index >= 15 is 0 Å². The molecule has 3 rings (SSSR count). The van der Waals surface area contributed by atoms with Crippen LogP contribution < -0.4 is 0 Å². The van der Waals surface area contributed by atoms with E-state index in [9.17, 15) is 5.11 Å². The smallest absolute Gasteiger partial charge is 0.110 e. The number of hydrogen-bond donors (Lipinski definition) is 1. The second-order valence-corrected chi connectivity index (χ2v) is 5.40. The first kappa shape index (κ1) is 11.0. The Kier molecular flexibility index (Phi) is 2.38. The quantitative estimate of drug-likeness (QED) is 0.924. The van der Waals surface area contributed by atoms with Crippen molar-refractivity contribution in [2.75, 3.05) is 0 Å². The molecule has 0 unspecified atom stereocenters. The lowest BCUT2D eigenvalue weighted by Crippen LogP contribution is -2.05. The maximum Gasteiger partial charge on any atom is 0.110 e. The van der Waals surface area contributed by atoms with Crippen LogP contribution in [0.5, 0.6) is 0 Å². The van der Waals surface area contributed by atoms with Crippen LogP contribution >= 0.6 is 15.9 Å². The van der Waals surface area contributed by atoms with Gasteiger partial charge in [-0.2, -0.15) is 0 Å². The summed E-state index contributed by atoms with van der Waals surface area (Å²) in [5.74, 6) is 0.948. The fourth-order valence-electron chi connectivity index (χ4n) is 2.03. The highest BCUT2D eigenvalue weighted by atomic mass is 79.9. The highest BCUT2D eigenvalue weighted by Gasteiger charge is 2.42. The summed E-state index contributed by atoms with van der Waals surface area (Å²) in [5.41, 5.74) is 1.46. The van der Waals surface area contributed by atoms with Gasteiger partial charge in [0.1, 0.15) is 5.82 Å². The minimum absolute atomic E-state index is 0.578. The van der Waals surface area contributed by atoms with E-state index in [-0.39, 0.29) is 0 Å². The van der Waals surface area contributed by atoms with Gasteiger partial charge >= 0.3 is 0 Å². The van der Waals surface area contributed by atoms with Crippen molar-refractivity contribution in [3.63, 3.8) is 0 Å². The maximum absolute atomic E-state index is 10.1. The zero-order chi connectivity index (χ0) is 12.0. The molecule has 1 aromatic carbocycles. The molecule has 0 spiro atoms. The number of halogens is 1. The van der Waals surface area contributed by atoms with Gasteiger partial charge in [0.25, 0.3) is 0 Å². The van der Waals surface area contributed by atoms with Gasteiger partial charge in [-0.15, -0.1) is 0 Å². The molecule has 4 heteroatoms. The molecule has 88 valence electrons. The lowest BCUT2D eigenvalue weighted by atomic mass is 10.1. The Bertz CT molecular complexity index is 573. The molecule has 1 aliphatic rings. The average molecular weight is 293 g/mol. The first-order valence-electron chi connectivity index (χ1n) is 5.63. The van der Waals surface area contributed by atoms with Crippen molar-refractivity contribution in [2.45, 2.75) is 25.4 Å². The molecule has 1 aromatic heterocycles. The Morgan fingerprint density at radius 3 is 2.71 bits per heavy atom. The highest BCUT2D eigenvalue weighted by molar-refractivity contribution is 9.10. The summed E-state index contributed by atoms with van der Waals surface area (Å²) in [7, 11) is 0. The summed E-state index contributed by atoms with van der Waals surface area (Å²) in [5, 5.41) is 10.1. The number of aryl methyl sites for hydroxylation is 1. The predicted molar refractivity (Wildman–Crippen MR) is 69.1 cm³/mol. The second kappa shape index (κ2) is 3.68. The fourth-order valence-corrected chi connectivity index (χ4v) is 2.60. The van der Waals surface area contributed by atoms with E-state index in [2.05, 4.69) is 20.9 Å². The first-order chi connectivity index (χ1) is 8.10. The summed E-state index contributed by atoms with van der Waals surface area (Å²) in [6.45, 7) is 1.97. The summed E-state index contributed by atoms with van der Waals surface area (Å²) in [4.78, 5) is 4.21. The first-order valence-corrected chi connectivity index (χ1v) is 6.42. The molecule has 2 aromatic rings. The summed E-state index contributed by atoms with van der Waals surface area (Å²) in [6.07, 6.45) is 5.44. The monoisotopic (exact) mass is 292 g/mol. The highest BCUT2D eigenvalue weighted by Crippen LogP contribution is 2.46. The largest absolute Gasteiger partial charge is 0.385 e. The van der Waals surface area contributed by atoms with E-state index < -0.39 is 5.60 Å². The predicted octanol–water partition coefficient (Wildman–Crippen LogP) is 2.92. The third-order valence-corrected chi connectivity index (χ3v) is 3.93. The molecule has 0 aliphatic heterocycles. The van der Waals surface area contributed by atoms with Crippen LogP contribution in [-0.4, -0.2) is 14.7 Å². The molecule has 1 N–H and O–H groups in total. The topological polar surface area (TPSA) is 38.0 Å². The molecule has 1 heterocycles. The van der Waals surface area contributed by atoms with E-state index in [1.807, 2.05) is 35.9 Å². The summed E-state index contributed by atoms with van der Waals surface area (Å²) < 4.78 is 3.00. The maximum atomic E-state index is 10.1. The van der Waals surface area contributed by atoms with Crippen LogP contribution in [0, 0.1) is 6.92 Å². The molecule has 1 fully saturated rings. The van der Waals surface area contributed by atoms with Gasteiger partial charge in [0.2, 0.25) is 0 Å². The van der Waals surface area contributed by atoms with Crippen molar-refractivity contribution in [3.05, 3.63) is 46.5 Å². The van der Waals surface area contributed by atoms with Crippen molar-refractivity contribution in [1.29, 1.82) is 0 Å². The summed E-state index contributed by atoms with van der Waals surface area (Å²) in [6, 6.07) is 6.01. The van der Waals surface area contributed by atoms with Crippen molar-refractivity contribution in [1.82, 2.24) is 9.55 Å². The molecule has 17 heavy (non-hydrogen) atoms. The van der Waals surface area contributed by atoms with Gasteiger partial charge in [0.15, 0.2) is 0 Å². The molecule has 0 bridgehead atoms. The molecule has 0 radical (unpaired) electrons. The van der Waals surface area contributed by atoms with Gasteiger partial charge in [-0.3, -0.25) is 0 Å². The normalized spacial score (nSPS) is 17.1. The lowest BCUT2D eigenvalue weighted by molar-refractivity contribution is 0.151. The molecule has 3 nitrogen and oxygen atoms in total. The number of aliphatic hydroxyl groups is 1. The number of hydrogen-bond acceptors (Lipinski definition) is 2. The third-order valence-electron chi connectivity index (χ3n) is 3.29. The molecule has 0 saturated heterocycles. The zero-order valence-corrected chi connectivity index (χ0v) is 11.1. The Morgan fingerprint density at radius 2 is 2.18 bits per heavy atom. The van der Waals surface area contributed by atoms with Gasteiger partial charge in [-0.1, -0.05) is 6.07 Å². The number of rotatable bonds is 2. The Labute approximate surface area is 108 Å². The van der Waals surface area contributed by atoms with Crippen LogP contribution in [0.3, 0.4) is 0 Å². The SMILES string of the molecule is Cc1nccn1-c1ccc(C2(O)CC2)cc1Br. The summed E-state index contributed by atoms with van der Waals surface area (Å²) >= 11 is 3.56. The molecular weight excluding hydrogens is 280 g/mol. The van der Waals surface area contributed by atoms with Crippen molar-refractivity contribution < 1.29 is 5.11 Å². The molecule has 1 aliphatic carbocycles. The van der Waals surface area contributed by atoms with Crippen LogP contribution in [0.4, 0.5) is 0 Å². The third kappa shape index (κ3) is 1.81. The lowest BCUT2D eigenvalue weighted by Gasteiger charge is -2.12. The molecule has 0 atom stereocenters. The van der Waals surface area contributed by atoms with Crippen LogP contribution in [0.25, 0.3) is 5.69 Å². The minimum atomic E-state index is -0.578. The number of imidazole rings is 1. The van der Waals surface area contributed by atoms with Crippen LogP contribution in [0.15, 0.2) is 35.1 Å². The van der Waals surface area contributed by atoms with Crippen LogP contribution in [-0.2, 0) is 5.60 Å². The Hall–Kier alpha value is -1.13. The van der Waals surface area contributed by atoms with Gasteiger partial charge in [0.05, 0.1) is 11.3 Å². The van der Waals surface area contributed by atoms with Crippen LogP contribution in [0.1, 0.15) is 24.2 Å². The Morgan fingerprint density at radius 1 is 1.41 bits per heavy atom. The minimum Gasteiger partial charge on any atom is -0.385 e. The van der Waals surface area contributed by atoms with Gasteiger partial charge in [-0.25, -0.2) is 4.98 Å². The van der Waals surface area contributed by atoms with Crippen molar-refractivity contribution in [2.24, 2.45) is 0 Å². The van der Waals surface area contributed by atoms with Crippen molar-refractivity contribution in [3.8, 4) is 5.69 Å². The molecule has 0 amide bonds. The number of aromatic nitrogens is 2. The standard InChI is InChI=1S/C13H13BrN2O/c1-9-15-6-7-16(9)12-3-2-10(8-11(12)14)13(17)4-5-13/h2-3,6-8,17H,4-5H2,1H3. The molecule has 1 saturated carbocycles. The van der Waals surface area contributed by atoms with Crippen LogP contribution in [0.2, 0.25) is 0 Å². The van der Waals surface area contributed by atoms with E-state index in [0.29, 0.717) is 0 Å². The van der Waals surface area contributed by atoms with E-state index in [0.717, 1.165) is 34.4 Å². The van der Waals surface area contributed by atoms with Gasteiger partial charge in [-0.05, 0) is 53.4 Å². The van der Waals surface area contributed by atoms with E-state index in [1.54, 1.807) is 6.20 Å². The average Bonchev–Trinajstić information content (AvgIpc) is 2.91. The zero-order valence-electron chi connectivity index (χ0n) is 9.52. The fraction of sp³-hybridized carbons (Fsp3) is 0.308. The van der Waals surface area contributed by atoms with E-state index in [4.69, 9.17) is 0 Å². The van der Waals surface area contributed by atoms with Crippen molar-refractivity contribution >= 4 is 15.9 Å². The molecular formula is C13H13BrN2O. The second-order valence-electron chi connectivity index (χ2n) is 4.54. The Balaban J connectivity index is 2.06. The van der Waals surface area contributed by atoms with E-state index in [1.165, 1.54) is 0 Å². The van der Waals surface area contributed by atoms with Gasteiger partial charge in [0, 0.05) is 16.9 Å². The van der Waals surface area contributed by atoms with Gasteiger partial charge < -0.3 is 9.67 Å².